The molecule has 4 nitrogen and oxygen atoms in total. The molecule has 0 saturated carbocycles. The molecule has 0 fully saturated rings. The van der Waals surface area contributed by atoms with E-state index in [0.29, 0.717) is 11.1 Å². The van der Waals surface area contributed by atoms with E-state index in [9.17, 15) is 10.5 Å². The van der Waals surface area contributed by atoms with Gasteiger partial charge in [0.15, 0.2) is 0 Å². The van der Waals surface area contributed by atoms with Crippen LogP contribution in [0.4, 0.5) is 0 Å². The smallest absolute Gasteiger partial charge is 0.103 e. The fourth-order valence-electron chi connectivity index (χ4n) is 7.27. The topological polar surface area (TPSA) is 57.4 Å². The Bertz CT molecular complexity index is 2680. The minimum absolute atomic E-state index is 0.359. The second-order valence-corrected chi connectivity index (χ2v) is 12.0. The summed E-state index contributed by atoms with van der Waals surface area (Å²) < 4.78 is 4.46. The van der Waals surface area contributed by atoms with E-state index in [-0.39, 0.29) is 0 Å². The summed E-state index contributed by atoms with van der Waals surface area (Å²) in [5, 5.41) is 25.1. The van der Waals surface area contributed by atoms with Crippen LogP contribution in [-0.2, 0) is 0 Å². The van der Waals surface area contributed by atoms with Crippen LogP contribution in [0.5, 0.6) is 0 Å². The number of aromatic nitrogens is 2. The summed E-state index contributed by atoms with van der Waals surface area (Å²) in [6.07, 6.45) is 0. The van der Waals surface area contributed by atoms with Crippen molar-refractivity contribution in [3.05, 3.63) is 169 Å². The molecular weight excluding hydrogens is 585 g/mol. The molecular formula is C44H26N4. The molecule has 0 bridgehead atoms. The Morgan fingerprint density at radius 2 is 0.792 bits per heavy atom. The van der Waals surface area contributed by atoms with Gasteiger partial charge >= 0.3 is 0 Å². The van der Waals surface area contributed by atoms with Crippen molar-refractivity contribution in [3.8, 4) is 45.8 Å². The molecule has 0 radical (unpaired) electrons. The Morgan fingerprint density at radius 1 is 0.375 bits per heavy atom. The van der Waals surface area contributed by atoms with Gasteiger partial charge in [-0.1, -0.05) is 115 Å². The lowest BCUT2D eigenvalue weighted by atomic mass is 9.95. The van der Waals surface area contributed by atoms with Crippen LogP contribution in [-0.4, -0.2) is 9.13 Å². The van der Waals surface area contributed by atoms with Crippen molar-refractivity contribution >= 4 is 43.6 Å². The third kappa shape index (κ3) is 4.07. The summed E-state index contributed by atoms with van der Waals surface area (Å²) in [7, 11) is 0. The zero-order valence-corrected chi connectivity index (χ0v) is 25.8. The van der Waals surface area contributed by atoms with E-state index < -0.39 is 0 Å². The molecule has 0 unspecified atom stereocenters. The lowest BCUT2D eigenvalue weighted by molar-refractivity contribution is 1.16. The van der Waals surface area contributed by atoms with Crippen LogP contribution >= 0.6 is 0 Å². The highest BCUT2D eigenvalue weighted by Gasteiger charge is 2.21. The summed E-state index contributed by atoms with van der Waals surface area (Å²) in [4.78, 5) is 0. The molecule has 2 aromatic heterocycles. The van der Waals surface area contributed by atoms with Crippen LogP contribution in [0, 0.1) is 22.7 Å². The van der Waals surface area contributed by atoms with Crippen molar-refractivity contribution < 1.29 is 0 Å². The first kappa shape index (κ1) is 27.4. The van der Waals surface area contributed by atoms with Gasteiger partial charge < -0.3 is 9.13 Å². The summed E-state index contributed by atoms with van der Waals surface area (Å²) in [6, 6.07) is 59.1. The maximum Gasteiger partial charge on any atom is 0.103 e. The van der Waals surface area contributed by atoms with Gasteiger partial charge in [0.25, 0.3) is 0 Å². The minimum atomic E-state index is 0.359. The molecule has 0 atom stereocenters. The molecule has 48 heavy (non-hydrogen) atoms. The second kappa shape index (κ2) is 10.9. The minimum Gasteiger partial charge on any atom is -0.309 e. The predicted octanol–water partition coefficient (Wildman–Crippen LogP) is 11.0. The van der Waals surface area contributed by atoms with Crippen LogP contribution in [0.2, 0.25) is 0 Å². The van der Waals surface area contributed by atoms with Gasteiger partial charge in [-0.3, -0.25) is 0 Å². The van der Waals surface area contributed by atoms with Crippen molar-refractivity contribution in [2.75, 3.05) is 0 Å². The second-order valence-electron chi connectivity index (χ2n) is 12.0. The zero-order valence-electron chi connectivity index (χ0n) is 25.8. The van der Waals surface area contributed by atoms with E-state index >= 15 is 0 Å². The Kier molecular flexibility index (Phi) is 6.22. The number of fused-ring (bicyclic) bond motifs is 6. The monoisotopic (exact) mass is 610 g/mol. The number of rotatable bonds is 4. The fraction of sp³-hybridized carbons (Fsp3) is 0. The quantitative estimate of drug-likeness (QED) is 0.199. The molecule has 0 aliphatic carbocycles. The average molecular weight is 611 g/mol. The maximum absolute atomic E-state index is 10.4. The van der Waals surface area contributed by atoms with E-state index in [0.717, 1.165) is 55.4 Å². The van der Waals surface area contributed by atoms with Crippen LogP contribution in [0.1, 0.15) is 11.1 Å². The number of nitrogens with zero attached hydrogens (tertiary/aromatic N) is 4. The highest BCUT2D eigenvalue weighted by molar-refractivity contribution is 6.10. The summed E-state index contributed by atoms with van der Waals surface area (Å²) in [6.45, 7) is 0. The average Bonchev–Trinajstić information content (AvgIpc) is 3.67. The van der Waals surface area contributed by atoms with Crippen LogP contribution in [0.25, 0.3) is 77.2 Å². The zero-order chi connectivity index (χ0) is 32.2. The Morgan fingerprint density at radius 3 is 1.25 bits per heavy atom. The van der Waals surface area contributed by atoms with Crippen molar-refractivity contribution in [1.29, 1.82) is 10.5 Å². The molecule has 7 aromatic carbocycles. The number of nitriles is 2. The van der Waals surface area contributed by atoms with E-state index in [2.05, 4.69) is 143 Å². The molecule has 0 saturated heterocycles. The first-order valence-electron chi connectivity index (χ1n) is 15.9. The van der Waals surface area contributed by atoms with Crippen molar-refractivity contribution in [2.45, 2.75) is 0 Å². The largest absolute Gasteiger partial charge is 0.309 e. The third-order valence-corrected chi connectivity index (χ3v) is 9.45. The van der Waals surface area contributed by atoms with Gasteiger partial charge in [0.1, 0.15) is 12.1 Å². The molecule has 0 amide bonds. The van der Waals surface area contributed by atoms with Crippen molar-refractivity contribution in [3.63, 3.8) is 0 Å². The number of para-hydroxylation sites is 4. The van der Waals surface area contributed by atoms with Crippen LogP contribution in [0.15, 0.2) is 158 Å². The van der Waals surface area contributed by atoms with Gasteiger partial charge in [-0.15, -0.1) is 0 Å². The van der Waals surface area contributed by atoms with Gasteiger partial charge in [-0.05, 0) is 59.2 Å². The van der Waals surface area contributed by atoms with Gasteiger partial charge in [-0.2, -0.15) is 10.5 Å². The maximum atomic E-state index is 10.4. The Balaban J connectivity index is 1.15. The molecule has 0 N–H and O–H groups in total. The van der Waals surface area contributed by atoms with Gasteiger partial charge in [0.2, 0.25) is 0 Å². The molecule has 0 spiro atoms. The number of hydrogen-bond acceptors (Lipinski definition) is 2. The summed E-state index contributed by atoms with van der Waals surface area (Å²) in [5.41, 5.74) is 11.0. The number of benzene rings is 7. The normalized spacial score (nSPS) is 11.3. The fourth-order valence-corrected chi connectivity index (χ4v) is 7.27. The van der Waals surface area contributed by atoms with E-state index in [1.807, 2.05) is 30.3 Å². The van der Waals surface area contributed by atoms with Gasteiger partial charge in [0.05, 0.1) is 38.9 Å². The highest BCUT2D eigenvalue weighted by atomic mass is 15.0. The molecule has 2 heterocycles. The van der Waals surface area contributed by atoms with Gasteiger partial charge in [0, 0.05) is 32.8 Å². The van der Waals surface area contributed by atoms with Crippen LogP contribution in [0.3, 0.4) is 0 Å². The summed E-state index contributed by atoms with van der Waals surface area (Å²) in [5.74, 6) is 0. The SMILES string of the molecule is N#Cc1ccc(-c2ccc(-c3ccc(-n4c5ccccc5c5ccccc54)cc3)cc2)c(-n2c3ccccc3c3ccccc32)c1C#N. The predicted molar refractivity (Wildman–Crippen MR) is 195 cm³/mol. The standard InChI is InChI=1S/C44H26N4/c45-27-32-23-26-34(44(39(32)28-46)48-42-15-7-3-11-37(42)38-12-4-8-16-43(38)48)31-19-17-29(18-20-31)30-21-24-33(25-22-30)47-40-13-5-1-9-35(40)36-10-2-6-14-41(36)47/h1-26H. The molecule has 0 aliphatic heterocycles. The van der Waals surface area contributed by atoms with E-state index in [1.165, 1.54) is 21.8 Å². The van der Waals surface area contributed by atoms with E-state index in [4.69, 9.17) is 0 Å². The van der Waals surface area contributed by atoms with Crippen molar-refractivity contribution in [1.82, 2.24) is 9.13 Å². The van der Waals surface area contributed by atoms with E-state index in [1.54, 1.807) is 6.07 Å². The molecule has 9 rings (SSSR count). The summed E-state index contributed by atoms with van der Waals surface area (Å²) >= 11 is 0. The lowest BCUT2D eigenvalue weighted by Crippen LogP contribution is -2.03. The highest BCUT2D eigenvalue weighted by Crippen LogP contribution is 2.39. The Hall–Kier alpha value is -6.88. The third-order valence-electron chi connectivity index (χ3n) is 9.45. The van der Waals surface area contributed by atoms with Crippen LogP contribution < -0.4 is 0 Å². The number of hydrogen-bond donors (Lipinski definition) is 0. The molecule has 0 aliphatic rings. The van der Waals surface area contributed by atoms with Gasteiger partial charge in [-0.25, -0.2) is 0 Å². The first-order chi connectivity index (χ1) is 23.7. The Labute approximate surface area is 277 Å². The molecule has 222 valence electrons. The molecule has 9 aromatic rings. The molecule has 4 heteroatoms. The first-order valence-corrected chi connectivity index (χ1v) is 15.9. The lowest BCUT2D eigenvalue weighted by Gasteiger charge is -2.17. The van der Waals surface area contributed by atoms with Crippen molar-refractivity contribution in [2.24, 2.45) is 0 Å².